The van der Waals surface area contributed by atoms with Crippen LogP contribution in [0, 0.1) is 11.8 Å². The van der Waals surface area contributed by atoms with E-state index in [-0.39, 0.29) is 18.1 Å². The van der Waals surface area contributed by atoms with Crippen molar-refractivity contribution < 1.29 is 19.5 Å². The van der Waals surface area contributed by atoms with Crippen molar-refractivity contribution in [1.29, 1.82) is 0 Å². The molecule has 4 heterocycles. The molecular weight excluding hydrogens is 316 g/mol. The summed E-state index contributed by atoms with van der Waals surface area (Å²) < 4.78 is 6.88. The van der Waals surface area contributed by atoms with Crippen molar-refractivity contribution >= 4 is 5.97 Å². The molecule has 0 unspecified atom stereocenters. The van der Waals surface area contributed by atoms with Crippen LogP contribution >= 0.6 is 0 Å². The number of aromatic nitrogens is 1. The Morgan fingerprint density at radius 3 is 3.16 bits per heavy atom. The molecule has 5 nitrogen and oxygen atoms in total. The molecule has 1 aromatic heterocycles. The maximum Gasteiger partial charge on any atom is 0.332 e. The lowest BCUT2D eigenvalue weighted by Crippen LogP contribution is -2.48. The van der Waals surface area contributed by atoms with Gasteiger partial charge in [-0.05, 0) is 25.5 Å². The molecule has 0 aromatic carbocycles. The zero-order valence-electron chi connectivity index (χ0n) is 13.8. The Labute approximate surface area is 146 Å². The number of nitrogens with zero attached hydrogens (tertiary/aromatic N) is 2. The topological polar surface area (TPSA) is 53.6 Å². The van der Waals surface area contributed by atoms with Crippen LogP contribution in [0.5, 0.6) is 0 Å². The fourth-order valence-corrected chi connectivity index (χ4v) is 4.85. The number of carbonyl (C=O) groups excluding carboxylic acids is 1. The molecular formula is C20H19N2O3+. The normalized spacial score (nSPS) is 32.7. The summed E-state index contributed by atoms with van der Waals surface area (Å²) in [5.41, 5.74) is 2.06. The number of hydrogen-bond donors (Lipinski definition) is 1. The van der Waals surface area contributed by atoms with Gasteiger partial charge in [0.05, 0.1) is 11.6 Å². The van der Waals surface area contributed by atoms with E-state index >= 15 is 0 Å². The lowest BCUT2D eigenvalue weighted by atomic mass is 9.77. The fraction of sp³-hybridized carbons (Fsp3) is 0.400. The quantitative estimate of drug-likeness (QED) is 0.337. The zero-order valence-corrected chi connectivity index (χ0v) is 13.8. The van der Waals surface area contributed by atoms with Gasteiger partial charge in [0.25, 0.3) is 0 Å². The second-order valence-corrected chi connectivity index (χ2v) is 7.19. The van der Waals surface area contributed by atoms with Gasteiger partial charge in [-0.15, -0.1) is 0 Å². The van der Waals surface area contributed by atoms with E-state index in [0.29, 0.717) is 0 Å². The van der Waals surface area contributed by atoms with Gasteiger partial charge in [0, 0.05) is 40.5 Å². The monoisotopic (exact) mass is 335 g/mol. The van der Waals surface area contributed by atoms with E-state index in [9.17, 15) is 10.0 Å². The molecule has 3 atom stereocenters. The highest BCUT2D eigenvalue weighted by Gasteiger charge is 2.61. The molecule has 2 bridgehead atoms. The van der Waals surface area contributed by atoms with Crippen LogP contribution in [-0.2, 0) is 9.53 Å². The molecule has 25 heavy (non-hydrogen) atoms. The number of ether oxygens (including phenoxy) is 1. The molecule has 2 saturated heterocycles. The van der Waals surface area contributed by atoms with Crippen molar-refractivity contribution in [3.63, 3.8) is 0 Å². The summed E-state index contributed by atoms with van der Waals surface area (Å²) in [5, 5.41) is 9.52. The van der Waals surface area contributed by atoms with Crippen LogP contribution in [0.3, 0.4) is 0 Å². The van der Waals surface area contributed by atoms with Crippen LogP contribution in [0.1, 0.15) is 31.2 Å². The Morgan fingerprint density at radius 2 is 2.28 bits per heavy atom. The van der Waals surface area contributed by atoms with Gasteiger partial charge in [0.15, 0.2) is 5.60 Å². The minimum absolute atomic E-state index is 0.247. The average Bonchev–Trinajstić information content (AvgIpc) is 3.09. The Hall–Kier alpha value is -2.58. The van der Waals surface area contributed by atoms with Crippen molar-refractivity contribution in [1.82, 2.24) is 4.90 Å². The second kappa shape index (κ2) is 5.21. The van der Waals surface area contributed by atoms with Crippen molar-refractivity contribution in [2.45, 2.75) is 43.4 Å². The van der Waals surface area contributed by atoms with Gasteiger partial charge in [-0.2, -0.15) is 0 Å². The third kappa shape index (κ3) is 2.14. The van der Waals surface area contributed by atoms with E-state index in [4.69, 9.17) is 4.74 Å². The highest BCUT2D eigenvalue weighted by molar-refractivity contribution is 5.90. The molecule has 3 aliphatic heterocycles. The van der Waals surface area contributed by atoms with E-state index in [1.807, 2.05) is 6.07 Å². The number of fused-ring (bicyclic) bond motifs is 3. The first kappa shape index (κ1) is 14.7. The van der Waals surface area contributed by atoms with Gasteiger partial charge in [-0.25, -0.2) is 4.79 Å². The number of pyridine rings is 1. The van der Waals surface area contributed by atoms with E-state index < -0.39 is 5.60 Å². The van der Waals surface area contributed by atoms with Crippen LogP contribution in [0.2, 0.25) is 0 Å². The molecule has 0 radical (unpaired) electrons. The van der Waals surface area contributed by atoms with Crippen LogP contribution in [0.4, 0.5) is 0 Å². The van der Waals surface area contributed by atoms with E-state index in [1.165, 1.54) is 12.8 Å². The van der Waals surface area contributed by atoms with Gasteiger partial charge in [0.2, 0.25) is 12.4 Å². The lowest BCUT2D eigenvalue weighted by molar-refractivity contribution is -0.904. The number of hydrogen-bond acceptors (Lipinski definition) is 4. The molecule has 126 valence electrons. The summed E-state index contributed by atoms with van der Waals surface area (Å²) in [6.07, 6.45) is 11.2. The Morgan fingerprint density at radius 1 is 1.36 bits per heavy atom. The second-order valence-electron chi connectivity index (χ2n) is 7.19. The molecule has 1 N–H and O–H groups in total. The molecule has 4 aliphatic rings. The molecule has 0 amide bonds. The van der Waals surface area contributed by atoms with Gasteiger partial charge < -0.3 is 4.74 Å². The maximum atomic E-state index is 12.1. The third-order valence-electron chi connectivity index (χ3n) is 5.80. The Balaban J connectivity index is 1.57. The van der Waals surface area contributed by atoms with Gasteiger partial charge in [-0.1, -0.05) is 24.3 Å². The van der Waals surface area contributed by atoms with Crippen molar-refractivity contribution in [3.8, 4) is 11.8 Å². The van der Waals surface area contributed by atoms with E-state index in [2.05, 4.69) is 22.8 Å². The number of rotatable bonds is 0. The third-order valence-corrected chi connectivity index (χ3v) is 5.80. The SMILES string of the molecule is O=C1C=C2C(C#Cc3ccc[n+](O)c3)=C[C@@H]3C[C@@]2(O1)[C@H]1CCCCN31. The van der Waals surface area contributed by atoms with Crippen LogP contribution in [0.25, 0.3) is 0 Å². The maximum absolute atomic E-state index is 12.1. The molecule has 1 aliphatic carbocycles. The summed E-state index contributed by atoms with van der Waals surface area (Å²) in [6, 6.07) is 4.15. The molecule has 1 aromatic rings. The zero-order chi connectivity index (χ0) is 17.0. The molecule has 5 heteroatoms. The van der Waals surface area contributed by atoms with E-state index in [0.717, 1.165) is 40.8 Å². The standard InChI is InChI=1S/C20H19N2O3/c23-19-11-17-15(7-6-14-4-3-8-21(24)13-14)10-16-12-20(17,25-19)18-5-1-2-9-22(16)18/h3-4,8,10-11,13,16,18,24H,1-2,5,9,12H2/q+1/t16-,18-,20+/m1/s1. The summed E-state index contributed by atoms with van der Waals surface area (Å²) in [6.45, 7) is 1.06. The minimum Gasteiger partial charge on any atom is -0.449 e. The predicted octanol–water partition coefficient (Wildman–Crippen LogP) is 1.35. The van der Waals surface area contributed by atoms with Crippen molar-refractivity contribution in [3.05, 3.63) is 53.4 Å². The fourth-order valence-electron chi connectivity index (χ4n) is 4.85. The molecule has 5 rings (SSSR count). The first-order valence-electron chi connectivity index (χ1n) is 8.81. The molecule has 1 spiro atoms. The average molecular weight is 335 g/mol. The van der Waals surface area contributed by atoms with Gasteiger partial charge in [-0.3, -0.25) is 10.1 Å². The predicted molar refractivity (Wildman–Crippen MR) is 88.4 cm³/mol. The van der Waals surface area contributed by atoms with Crippen molar-refractivity contribution in [2.24, 2.45) is 0 Å². The van der Waals surface area contributed by atoms with E-state index in [1.54, 1.807) is 24.5 Å². The summed E-state index contributed by atoms with van der Waals surface area (Å²) in [5.74, 6) is 6.08. The number of esters is 1. The molecule has 2 fully saturated rings. The number of carbonyl (C=O) groups is 1. The first-order chi connectivity index (χ1) is 12.2. The van der Waals surface area contributed by atoms with Gasteiger partial charge >= 0.3 is 5.97 Å². The lowest BCUT2D eigenvalue weighted by Gasteiger charge is -2.38. The minimum atomic E-state index is -0.505. The van der Waals surface area contributed by atoms with Crippen LogP contribution < -0.4 is 4.73 Å². The van der Waals surface area contributed by atoms with Crippen LogP contribution in [-0.4, -0.2) is 40.3 Å². The highest BCUT2D eigenvalue weighted by Crippen LogP contribution is 2.53. The smallest absolute Gasteiger partial charge is 0.332 e. The number of piperidine rings is 1. The largest absolute Gasteiger partial charge is 0.449 e. The first-order valence-corrected chi connectivity index (χ1v) is 8.81. The van der Waals surface area contributed by atoms with Crippen LogP contribution in [0.15, 0.2) is 47.8 Å². The van der Waals surface area contributed by atoms with Gasteiger partial charge in [0.1, 0.15) is 0 Å². The summed E-state index contributed by atoms with van der Waals surface area (Å²) in [7, 11) is 0. The highest BCUT2D eigenvalue weighted by atomic mass is 16.6. The molecule has 0 saturated carbocycles. The van der Waals surface area contributed by atoms with Crippen molar-refractivity contribution in [2.75, 3.05) is 6.54 Å². The Kier molecular flexibility index (Phi) is 3.07. The summed E-state index contributed by atoms with van der Waals surface area (Å²) in [4.78, 5) is 14.6. The summed E-state index contributed by atoms with van der Waals surface area (Å²) >= 11 is 0. The Bertz CT molecular complexity index is 892.